The van der Waals surface area contributed by atoms with E-state index < -0.39 is 10.8 Å². The van der Waals surface area contributed by atoms with Gasteiger partial charge in [0, 0.05) is 55.8 Å². The molecule has 2 amide bonds. The number of hydrogen-bond donors (Lipinski definition) is 0. The SMILES string of the molecule is C=CC[C@@]1(C)C[C@H](c2cccc(Cl)c2)[C@@H](c2ccc(Cl)cc2)N([C@@H](CC)[C@@H](C)C(C)=O)C1=O.C=CC[C@@]1(C)C[C@H](c2cccc(Cl)c2)[C@@H](c2ccc(Cl)cc2)N([C@@H](CC)[C@H](C)C(C)=O)C1=O. The number of nitrogens with zero attached hydrogens (tertiary/aromatic N) is 2. The Morgan fingerprint density at radius 3 is 1.20 bits per heavy atom. The third-order valence-corrected chi connectivity index (χ3v) is 15.3. The second-order valence-electron chi connectivity index (χ2n) is 19.0. The number of halogens is 4. The third-order valence-electron chi connectivity index (χ3n) is 14.4. The molecule has 0 unspecified atom stereocenters. The number of hydrogen-bond acceptors (Lipinski definition) is 4. The van der Waals surface area contributed by atoms with Crippen LogP contribution in [0.5, 0.6) is 0 Å². The molecule has 4 aromatic carbocycles. The van der Waals surface area contributed by atoms with Crippen LogP contribution in [0.25, 0.3) is 0 Å². The van der Waals surface area contributed by atoms with E-state index in [2.05, 4.69) is 25.3 Å². The molecule has 2 saturated heterocycles. The van der Waals surface area contributed by atoms with Crippen LogP contribution in [0.2, 0.25) is 20.1 Å². The van der Waals surface area contributed by atoms with Gasteiger partial charge in [-0.2, -0.15) is 0 Å². The van der Waals surface area contributed by atoms with Gasteiger partial charge < -0.3 is 9.80 Å². The molecular formula is C56H66Cl4N2O4. The van der Waals surface area contributed by atoms with Crippen LogP contribution in [0.1, 0.15) is 140 Å². The van der Waals surface area contributed by atoms with E-state index >= 15 is 0 Å². The molecular weight excluding hydrogens is 906 g/mol. The smallest absolute Gasteiger partial charge is 0.229 e. The second kappa shape index (κ2) is 22.7. The number of piperidine rings is 2. The summed E-state index contributed by atoms with van der Waals surface area (Å²) in [5.74, 6) is -0.248. The zero-order chi connectivity index (χ0) is 48.7. The molecule has 2 fully saturated rings. The van der Waals surface area contributed by atoms with Crippen molar-refractivity contribution in [2.75, 3.05) is 0 Å². The third kappa shape index (κ3) is 11.5. The molecule has 2 heterocycles. The normalized spacial score (nSPS) is 24.9. The van der Waals surface area contributed by atoms with E-state index in [4.69, 9.17) is 46.4 Å². The Morgan fingerprint density at radius 1 is 0.591 bits per heavy atom. The van der Waals surface area contributed by atoms with E-state index in [9.17, 15) is 19.2 Å². The van der Waals surface area contributed by atoms with Gasteiger partial charge in [0.25, 0.3) is 0 Å². The minimum atomic E-state index is -0.623. The van der Waals surface area contributed by atoms with Crippen LogP contribution in [0, 0.1) is 22.7 Å². The lowest BCUT2D eigenvalue weighted by Gasteiger charge is -2.53. The Morgan fingerprint density at radius 2 is 0.924 bits per heavy atom. The number of ketones is 2. The van der Waals surface area contributed by atoms with Crippen LogP contribution in [0.3, 0.4) is 0 Å². The van der Waals surface area contributed by atoms with Crippen molar-refractivity contribution in [2.24, 2.45) is 22.7 Å². The average Bonchev–Trinajstić information content (AvgIpc) is 3.28. The van der Waals surface area contributed by atoms with Crippen molar-refractivity contribution in [3.05, 3.63) is 165 Å². The first-order valence-corrected chi connectivity index (χ1v) is 24.7. The Labute approximate surface area is 413 Å². The van der Waals surface area contributed by atoms with Crippen LogP contribution in [-0.2, 0) is 19.2 Å². The van der Waals surface area contributed by atoms with Crippen LogP contribution < -0.4 is 0 Å². The van der Waals surface area contributed by atoms with Gasteiger partial charge in [-0.05, 0) is 123 Å². The van der Waals surface area contributed by atoms with Crippen molar-refractivity contribution in [2.45, 2.75) is 130 Å². The van der Waals surface area contributed by atoms with E-state index in [-0.39, 0.29) is 71.2 Å². The van der Waals surface area contributed by atoms with Crippen LogP contribution >= 0.6 is 46.4 Å². The lowest BCUT2D eigenvalue weighted by atomic mass is 9.66. The number of likely N-dealkylation sites (tertiary alicyclic amines) is 2. The number of carbonyl (C=O) groups is 4. The molecule has 6 rings (SSSR count). The molecule has 0 aliphatic carbocycles. The predicted octanol–water partition coefficient (Wildman–Crippen LogP) is 15.3. The number of allylic oxidation sites excluding steroid dienone is 2. The zero-order valence-corrected chi connectivity index (χ0v) is 42.7. The fraction of sp³-hybridized carbons (Fsp3) is 0.429. The summed E-state index contributed by atoms with van der Waals surface area (Å²) >= 11 is 25.2. The monoisotopic (exact) mass is 970 g/mol. The first kappa shape index (κ1) is 52.8. The summed E-state index contributed by atoms with van der Waals surface area (Å²) in [4.78, 5) is 57.3. The summed E-state index contributed by atoms with van der Waals surface area (Å²) in [6, 6.07) is 30.3. The van der Waals surface area contributed by atoms with Crippen molar-refractivity contribution in [3.63, 3.8) is 0 Å². The highest BCUT2D eigenvalue weighted by Crippen LogP contribution is 2.54. The van der Waals surface area contributed by atoms with Crippen molar-refractivity contribution < 1.29 is 19.2 Å². The molecule has 0 radical (unpaired) electrons. The summed E-state index contributed by atoms with van der Waals surface area (Å²) in [7, 11) is 0. The van der Waals surface area contributed by atoms with E-state index in [0.717, 1.165) is 22.3 Å². The second-order valence-corrected chi connectivity index (χ2v) is 20.8. The van der Waals surface area contributed by atoms with Crippen molar-refractivity contribution >= 4 is 69.8 Å². The average molecular weight is 973 g/mol. The number of benzene rings is 4. The van der Waals surface area contributed by atoms with Crippen LogP contribution in [0.4, 0.5) is 0 Å². The van der Waals surface area contributed by atoms with Crippen molar-refractivity contribution in [3.8, 4) is 0 Å². The summed E-state index contributed by atoms with van der Waals surface area (Å²) in [6.45, 7) is 23.1. The molecule has 2 aliphatic rings. The Hall–Kier alpha value is -4.20. The van der Waals surface area contributed by atoms with E-state index in [1.54, 1.807) is 13.8 Å². The largest absolute Gasteiger partial charge is 0.331 e. The van der Waals surface area contributed by atoms with Gasteiger partial charge in [-0.1, -0.05) is 149 Å². The van der Waals surface area contributed by atoms with E-state index in [0.29, 0.717) is 58.6 Å². The molecule has 352 valence electrons. The Balaban J connectivity index is 0.000000247. The number of amides is 2. The molecule has 0 bridgehead atoms. The maximum Gasteiger partial charge on any atom is 0.229 e. The fourth-order valence-corrected chi connectivity index (χ4v) is 11.3. The van der Waals surface area contributed by atoms with Gasteiger partial charge in [-0.3, -0.25) is 19.2 Å². The van der Waals surface area contributed by atoms with Gasteiger partial charge in [-0.15, -0.1) is 13.2 Å². The fourth-order valence-electron chi connectivity index (χ4n) is 10.6. The molecule has 4 aromatic rings. The number of carbonyl (C=O) groups excluding carboxylic acids is 4. The molecule has 6 nitrogen and oxygen atoms in total. The van der Waals surface area contributed by atoms with E-state index in [1.165, 1.54) is 0 Å². The highest BCUT2D eigenvalue weighted by Gasteiger charge is 2.53. The van der Waals surface area contributed by atoms with Gasteiger partial charge in [0.05, 0.1) is 22.9 Å². The van der Waals surface area contributed by atoms with Gasteiger partial charge in [0.1, 0.15) is 11.6 Å². The predicted molar refractivity (Wildman–Crippen MR) is 273 cm³/mol. The minimum Gasteiger partial charge on any atom is -0.331 e. The van der Waals surface area contributed by atoms with Crippen LogP contribution in [-0.4, -0.2) is 45.3 Å². The summed E-state index contributed by atoms with van der Waals surface area (Å²) in [5.41, 5.74) is 2.93. The molecule has 0 aromatic heterocycles. The lowest BCUT2D eigenvalue weighted by molar-refractivity contribution is -0.158. The first-order valence-electron chi connectivity index (χ1n) is 23.2. The minimum absolute atomic E-state index is 0.000679. The Bertz CT molecular complexity index is 2200. The zero-order valence-electron chi connectivity index (χ0n) is 39.7. The quantitative estimate of drug-likeness (QED) is 0.105. The Kier molecular flexibility index (Phi) is 18.2. The maximum absolute atomic E-state index is 14.2. The lowest BCUT2D eigenvalue weighted by Crippen LogP contribution is -2.57. The van der Waals surface area contributed by atoms with E-state index in [1.807, 2.05) is 148 Å². The highest BCUT2D eigenvalue weighted by molar-refractivity contribution is 6.31. The first-order chi connectivity index (χ1) is 31.2. The maximum atomic E-state index is 14.2. The topological polar surface area (TPSA) is 74.8 Å². The van der Waals surface area contributed by atoms with Crippen molar-refractivity contribution in [1.29, 1.82) is 0 Å². The summed E-state index contributed by atoms with van der Waals surface area (Å²) < 4.78 is 0. The molecule has 2 aliphatic heterocycles. The van der Waals surface area contributed by atoms with Gasteiger partial charge >= 0.3 is 0 Å². The molecule has 0 spiro atoms. The molecule has 10 heteroatoms. The molecule has 0 saturated carbocycles. The number of rotatable bonds is 16. The molecule has 10 atom stereocenters. The summed E-state index contributed by atoms with van der Waals surface area (Å²) in [5, 5.41) is 2.63. The molecule has 66 heavy (non-hydrogen) atoms. The van der Waals surface area contributed by atoms with Gasteiger partial charge in [-0.25, -0.2) is 0 Å². The van der Waals surface area contributed by atoms with Gasteiger partial charge in [0.15, 0.2) is 0 Å². The van der Waals surface area contributed by atoms with Crippen LogP contribution in [0.15, 0.2) is 122 Å². The van der Waals surface area contributed by atoms with Gasteiger partial charge in [0.2, 0.25) is 11.8 Å². The number of Topliss-reactive ketones (excluding diaryl/α,β-unsaturated/α-hetero) is 2. The highest BCUT2D eigenvalue weighted by atomic mass is 35.5. The van der Waals surface area contributed by atoms with Crippen molar-refractivity contribution in [1.82, 2.24) is 9.80 Å². The molecule has 0 N–H and O–H groups in total. The standard InChI is InChI=1S/2C28H33Cl2NO2/c2*1-6-15-28(5)17-24(21-9-8-10-23(30)16-21)26(20-11-13-22(29)14-12-20)31(27(28)33)25(7-2)18(3)19(4)32/h2*6,8-14,16,18,24-26H,1,7,15,17H2,2-5H3/t18-,24+,25-,26+,28-;18-,24-,25+,26-,28+/m01/s1. The summed E-state index contributed by atoms with van der Waals surface area (Å²) in [6.07, 6.45) is 7.47.